The number of amides is 1. The van der Waals surface area contributed by atoms with Gasteiger partial charge in [-0.05, 0) is 45.2 Å². The van der Waals surface area contributed by atoms with Crippen LogP contribution >= 0.6 is 27.3 Å². The highest BCUT2D eigenvalue weighted by molar-refractivity contribution is 9.10. The summed E-state index contributed by atoms with van der Waals surface area (Å²) < 4.78 is 0.990. The van der Waals surface area contributed by atoms with Crippen molar-refractivity contribution in [1.82, 2.24) is 9.88 Å². The molecule has 1 aromatic carbocycles. The molecule has 6 heteroatoms. The number of anilines is 1. The molecule has 4 nitrogen and oxygen atoms in total. The lowest BCUT2D eigenvalue weighted by atomic mass is 10.2. The topological polar surface area (TPSA) is 45.2 Å². The van der Waals surface area contributed by atoms with E-state index >= 15 is 0 Å². The summed E-state index contributed by atoms with van der Waals surface area (Å²) in [7, 11) is 1.93. The van der Waals surface area contributed by atoms with E-state index in [9.17, 15) is 4.79 Å². The molecule has 2 aromatic rings. The smallest absolute Gasteiger partial charge is 0.241 e. The maximum absolute atomic E-state index is 12.3. The molecule has 1 amide bonds. The Bertz CT molecular complexity index is 612. The van der Waals surface area contributed by atoms with Crippen molar-refractivity contribution in [3.8, 4) is 0 Å². The molecule has 0 bridgehead atoms. The van der Waals surface area contributed by atoms with Gasteiger partial charge in [0.1, 0.15) is 0 Å². The van der Waals surface area contributed by atoms with E-state index in [1.165, 1.54) is 0 Å². The minimum Gasteiger partial charge on any atom is -0.325 e. The van der Waals surface area contributed by atoms with Crippen LogP contribution in [0.3, 0.4) is 0 Å². The molecule has 0 aliphatic heterocycles. The fourth-order valence-electron chi connectivity index (χ4n) is 1.85. The van der Waals surface area contributed by atoms with Gasteiger partial charge >= 0.3 is 0 Å². The number of carbonyl (C=O) groups excluding carboxylic acids is 1. The largest absolute Gasteiger partial charge is 0.325 e. The van der Waals surface area contributed by atoms with E-state index in [2.05, 4.69) is 26.2 Å². The number of carbonyl (C=O) groups is 1. The molecule has 21 heavy (non-hydrogen) atoms. The van der Waals surface area contributed by atoms with Crippen LogP contribution in [0.2, 0.25) is 0 Å². The van der Waals surface area contributed by atoms with Gasteiger partial charge in [0.25, 0.3) is 0 Å². The van der Waals surface area contributed by atoms with Crippen LogP contribution in [0.1, 0.15) is 17.6 Å². The van der Waals surface area contributed by atoms with Gasteiger partial charge in [-0.15, -0.1) is 11.3 Å². The number of halogens is 1. The molecule has 0 aliphatic carbocycles. The average Bonchev–Trinajstić information content (AvgIpc) is 2.85. The average molecular weight is 368 g/mol. The number of aryl methyl sites for hydroxylation is 1. The van der Waals surface area contributed by atoms with Crippen LogP contribution in [-0.2, 0) is 11.3 Å². The lowest BCUT2D eigenvalue weighted by Gasteiger charge is -2.23. The van der Waals surface area contributed by atoms with Gasteiger partial charge < -0.3 is 5.32 Å². The molecular formula is C15H18BrN3OS. The summed E-state index contributed by atoms with van der Waals surface area (Å²) in [6.07, 6.45) is 0. The number of nitrogens with one attached hydrogen (secondary N) is 1. The number of benzene rings is 1. The van der Waals surface area contributed by atoms with Crippen molar-refractivity contribution < 1.29 is 4.79 Å². The summed E-state index contributed by atoms with van der Waals surface area (Å²) in [6.45, 7) is 4.55. The van der Waals surface area contributed by atoms with Crippen LogP contribution in [-0.4, -0.2) is 28.9 Å². The van der Waals surface area contributed by atoms with Gasteiger partial charge in [0.2, 0.25) is 5.91 Å². The number of hydrogen-bond donors (Lipinski definition) is 1. The van der Waals surface area contributed by atoms with Crippen molar-refractivity contribution >= 4 is 38.9 Å². The molecule has 0 fully saturated rings. The number of thiazole rings is 1. The second kappa shape index (κ2) is 7.15. The van der Waals surface area contributed by atoms with Gasteiger partial charge in [-0.25, -0.2) is 4.98 Å². The van der Waals surface area contributed by atoms with Gasteiger partial charge in [-0.1, -0.05) is 15.9 Å². The first kappa shape index (κ1) is 16.1. The van der Waals surface area contributed by atoms with Gasteiger partial charge in [0.05, 0.1) is 16.7 Å². The summed E-state index contributed by atoms with van der Waals surface area (Å²) in [5.74, 6) is -0.0215. The molecule has 0 aliphatic rings. The van der Waals surface area contributed by atoms with Crippen molar-refractivity contribution in [2.45, 2.75) is 26.4 Å². The first-order chi connectivity index (χ1) is 9.95. The first-order valence-electron chi connectivity index (χ1n) is 6.63. The molecular weight excluding hydrogens is 350 g/mol. The predicted molar refractivity (Wildman–Crippen MR) is 90.6 cm³/mol. The monoisotopic (exact) mass is 367 g/mol. The summed E-state index contributed by atoms with van der Waals surface area (Å²) >= 11 is 5.00. The van der Waals surface area contributed by atoms with E-state index < -0.39 is 0 Å². The van der Waals surface area contributed by atoms with E-state index in [-0.39, 0.29) is 11.9 Å². The molecule has 1 atom stereocenters. The molecule has 2 rings (SSSR count). The number of rotatable bonds is 5. The van der Waals surface area contributed by atoms with Crippen molar-refractivity contribution in [2.24, 2.45) is 0 Å². The van der Waals surface area contributed by atoms with Crippen LogP contribution in [0.4, 0.5) is 5.69 Å². The molecule has 0 radical (unpaired) electrons. The van der Waals surface area contributed by atoms with Crippen LogP contribution < -0.4 is 5.32 Å². The lowest BCUT2D eigenvalue weighted by Crippen LogP contribution is -2.39. The Morgan fingerprint density at radius 1 is 1.43 bits per heavy atom. The molecule has 0 saturated heterocycles. The van der Waals surface area contributed by atoms with E-state index in [0.29, 0.717) is 6.54 Å². The van der Waals surface area contributed by atoms with Crippen molar-refractivity contribution in [3.05, 3.63) is 44.8 Å². The van der Waals surface area contributed by atoms with E-state index in [4.69, 9.17) is 0 Å². The number of hydrogen-bond acceptors (Lipinski definition) is 4. The predicted octanol–water partition coefficient (Wildman–Crippen LogP) is 3.67. The quantitative estimate of drug-likeness (QED) is 0.876. The SMILES string of the molecule is Cc1nc(CN(C)C(C)C(=O)Nc2ccc(Br)cc2)cs1. The Kier molecular flexibility index (Phi) is 5.50. The third-order valence-corrected chi connectivity index (χ3v) is 4.58. The van der Waals surface area contributed by atoms with Crippen LogP contribution in [0.25, 0.3) is 0 Å². The molecule has 112 valence electrons. The fourth-order valence-corrected chi connectivity index (χ4v) is 2.72. The van der Waals surface area contributed by atoms with Crippen LogP contribution in [0.15, 0.2) is 34.1 Å². The van der Waals surface area contributed by atoms with Crippen molar-refractivity contribution in [3.63, 3.8) is 0 Å². The summed E-state index contributed by atoms with van der Waals surface area (Å²) in [5.41, 5.74) is 1.80. The van der Waals surface area contributed by atoms with Gasteiger partial charge in [-0.3, -0.25) is 9.69 Å². The minimum absolute atomic E-state index is 0.0215. The van der Waals surface area contributed by atoms with E-state index in [1.54, 1.807) is 11.3 Å². The van der Waals surface area contributed by atoms with Crippen molar-refractivity contribution in [1.29, 1.82) is 0 Å². The summed E-state index contributed by atoms with van der Waals surface area (Å²) in [6, 6.07) is 7.33. The Labute approximate surface area is 137 Å². The molecule has 1 N–H and O–H groups in total. The Morgan fingerprint density at radius 3 is 2.67 bits per heavy atom. The molecule has 0 saturated carbocycles. The molecule has 1 heterocycles. The number of likely N-dealkylation sites (N-methyl/N-ethyl adjacent to an activating group) is 1. The number of aromatic nitrogens is 1. The third-order valence-electron chi connectivity index (χ3n) is 3.23. The third kappa shape index (κ3) is 4.62. The Hall–Kier alpha value is -1.24. The van der Waals surface area contributed by atoms with Crippen molar-refractivity contribution in [2.75, 3.05) is 12.4 Å². The highest BCUT2D eigenvalue weighted by atomic mass is 79.9. The van der Waals surface area contributed by atoms with Gasteiger partial charge in [0.15, 0.2) is 0 Å². The zero-order chi connectivity index (χ0) is 15.4. The van der Waals surface area contributed by atoms with Crippen LogP contribution in [0, 0.1) is 6.92 Å². The van der Waals surface area contributed by atoms with Gasteiger partial charge in [-0.2, -0.15) is 0 Å². The molecule has 1 aromatic heterocycles. The zero-order valence-electron chi connectivity index (χ0n) is 12.3. The summed E-state index contributed by atoms with van der Waals surface area (Å²) in [5, 5.41) is 6.00. The fraction of sp³-hybridized carbons (Fsp3) is 0.333. The minimum atomic E-state index is -0.226. The second-order valence-corrected chi connectivity index (χ2v) is 6.92. The second-order valence-electron chi connectivity index (χ2n) is 4.95. The van der Waals surface area contributed by atoms with E-state index in [0.717, 1.165) is 20.9 Å². The number of nitrogens with zero attached hydrogens (tertiary/aromatic N) is 2. The van der Waals surface area contributed by atoms with E-state index in [1.807, 2.05) is 55.4 Å². The highest BCUT2D eigenvalue weighted by Crippen LogP contribution is 2.15. The summed E-state index contributed by atoms with van der Waals surface area (Å²) in [4.78, 5) is 18.7. The molecule has 1 unspecified atom stereocenters. The normalized spacial score (nSPS) is 12.4. The van der Waals surface area contributed by atoms with Gasteiger partial charge in [0, 0.05) is 22.1 Å². The maximum Gasteiger partial charge on any atom is 0.241 e. The lowest BCUT2D eigenvalue weighted by molar-refractivity contribution is -0.120. The molecule has 0 spiro atoms. The maximum atomic E-state index is 12.3. The Morgan fingerprint density at radius 2 is 2.10 bits per heavy atom. The zero-order valence-corrected chi connectivity index (χ0v) is 14.7. The standard InChI is InChI=1S/C15H18BrN3OS/c1-10(19(3)8-14-9-21-11(2)17-14)15(20)18-13-6-4-12(16)5-7-13/h4-7,9-10H,8H2,1-3H3,(H,18,20). The van der Waals surface area contributed by atoms with Crippen LogP contribution in [0.5, 0.6) is 0 Å². The first-order valence-corrected chi connectivity index (χ1v) is 8.30. The Balaban J connectivity index is 1.93. The highest BCUT2D eigenvalue weighted by Gasteiger charge is 2.19.